The van der Waals surface area contributed by atoms with Crippen molar-refractivity contribution in [1.29, 1.82) is 0 Å². The summed E-state index contributed by atoms with van der Waals surface area (Å²) in [7, 11) is 2.83. The molecule has 4 rings (SSSR count). The first-order chi connectivity index (χ1) is 16.4. The summed E-state index contributed by atoms with van der Waals surface area (Å²) in [5.74, 6) is 0.0332. The van der Waals surface area contributed by atoms with Crippen molar-refractivity contribution in [2.75, 3.05) is 14.2 Å². The average Bonchev–Trinajstić information content (AvgIpc) is 3.23. The van der Waals surface area contributed by atoms with Crippen molar-refractivity contribution in [2.24, 2.45) is 0 Å². The summed E-state index contributed by atoms with van der Waals surface area (Å²) in [4.78, 5) is 26.0. The van der Waals surface area contributed by atoms with Crippen LogP contribution in [-0.4, -0.2) is 40.8 Å². The molecule has 34 heavy (non-hydrogen) atoms. The van der Waals surface area contributed by atoms with Gasteiger partial charge < -0.3 is 24.3 Å². The molecule has 0 unspecified atom stereocenters. The summed E-state index contributed by atoms with van der Waals surface area (Å²) in [6.45, 7) is -0.0973. The minimum Gasteiger partial charge on any atom is -0.508 e. The molecule has 2 N–H and O–H groups in total. The molecular formula is C27H23NO6. The second-order valence-corrected chi connectivity index (χ2v) is 7.63. The van der Waals surface area contributed by atoms with Gasteiger partial charge in [0.1, 0.15) is 22.9 Å². The molecule has 7 nitrogen and oxygen atoms in total. The van der Waals surface area contributed by atoms with Crippen LogP contribution in [0.3, 0.4) is 0 Å². The van der Waals surface area contributed by atoms with Gasteiger partial charge >= 0.3 is 5.97 Å². The maximum absolute atomic E-state index is 13.1. The third-order valence-electron chi connectivity index (χ3n) is 5.52. The van der Waals surface area contributed by atoms with Gasteiger partial charge in [-0.25, -0.2) is 4.79 Å². The number of Topliss-reactive ketones (excluding diaryl/α,β-unsaturated/α-hetero) is 1. The van der Waals surface area contributed by atoms with Crippen molar-refractivity contribution in [2.45, 2.75) is 6.54 Å². The molecule has 0 aliphatic rings. The van der Waals surface area contributed by atoms with Gasteiger partial charge in [-0.15, -0.1) is 0 Å². The van der Waals surface area contributed by atoms with Crippen LogP contribution in [-0.2, 0) is 11.3 Å². The molecule has 1 aromatic heterocycles. The second kappa shape index (κ2) is 9.54. The molecule has 4 aromatic rings. The van der Waals surface area contributed by atoms with E-state index >= 15 is 0 Å². The number of carbonyl (C=O) groups is 2. The van der Waals surface area contributed by atoms with Crippen LogP contribution in [0.1, 0.15) is 20.8 Å². The van der Waals surface area contributed by atoms with Crippen LogP contribution in [0.4, 0.5) is 0 Å². The lowest BCUT2D eigenvalue weighted by Gasteiger charge is -2.11. The van der Waals surface area contributed by atoms with Gasteiger partial charge in [-0.1, -0.05) is 24.3 Å². The molecule has 0 amide bonds. The number of ether oxygens (including phenoxy) is 2. The minimum atomic E-state index is -0.601. The Labute approximate surface area is 196 Å². The highest BCUT2D eigenvalue weighted by molar-refractivity contribution is 6.03. The zero-order valence-electron chi connectivity index (χ0n) is 18.7. The van der Waals surface area contributed by atoms with Crippen LogP contribution < -0.4 is 4.74 Å². The number of aromatic nitrogens is 1. The summed E-state index contributed by atoms with van der Waals surface area (Å²) < 4.78 is 11.8. The summed E-state index contributed by atoms with van der Waals surface area (Å²) in [5, 5.41) is 19.5. The lowest BCUT2D eigenvalue weighted by atomic mass is 9.96. The van der Waals surface area contributed by atoms with E-state index < -0.39 is 5.97 Å². The molecular weight excluding hydrogens is 434 g/mol. The number of phenols is 2. The number of benzene rings is 3. The van der Waals surface area contributed by atoms with Crippen LogP contribution in [0.25, 0.3) is 22.3 Å². The van der Waals surface area contributed by atoms with Crippen LogP contribution in [0.5, 0.6) is 17.2 Å². The van der Waals surface area contributed by atoms with Crippen LogP contribution in [0.2, 0.25) is 0 Å². The van der Waals surface area contributed by atoms with Gasteiger partial charge in [-0.05, 0) is 59.7 Å². The maximum atomic E-state index is 13.1. The smallest absolute Gasteiger partial charge is 0.355 e. The fraction of sp³-hybridized carbons (Fsp3) is 0.111. The second-order valence-electron chi connectivity index (χ2n) is 7.63. The van der Waals surface area contributed by atoms with E-state index in [0.29, 0.717) is 28.0 Å². The largest absolute Gasteiger partial charge is 0.508 e. The topological polar surface area (TPSA) is 98.0 Å². The van der Waals surface area contributed by atoms with Crippen molar-refractivity contribution in [3.05, 3.63) is 90.3 Å². The molecule has 0 radical (unpaired) electrons. The van der Waals surface area contributed by atoms with E-state index in [2.05, 4.69) is 0 Å². The Bertz CT molecular complexity index is 1320. The molecule has 0 aliphatic heterocycles. The number of aromatic hydroxyl groups is 2. The number of hydrogen-bond donors (Lipinski definition) is 2. The summed E-state index contributed by atoms with van der Waals surface area (Å²) in [6, 6.07) is 19.7. The van der Waals surface area contributed by atoms with Gasteiger partial charge in [-0.2, -0.15) is 0 Å². The van der Waals surface area contributed by atoms with E-state index in [1.807, 2.05) is 0 Å². The Kier molecular flexibility index (Phi) is 6.36. The number of ketones is 1. The van der Waals surface area contributed by atoms with Gasteiger partial charge in [0.25, 0.3) is 0 Å². The highest BCUT2D eigenvalue weighted by Crippen LogP contribution is 2.38. The number of carbonyl (C=O) groups excluding carboxylic acids is 2. The number of hydrogen-bond acceptors (Lipinski definition) is 6. The quantitative estimate of drug-likeness (QED) is 0.302. The van der Waals surface area contributed by atoms with Gasteiger partial charge in [0.2, 0.25) is 0 Å². The molecule has 7 heteroatoms. The molecule has 0 bridgehead atoms. The van der Waals surface area contributed by atoms with E-state index in [0.717, 1.165) is 5.56 Å². The molecule has 0 saturated heterocycles. The predicted octanol–water partition coefficient (Wildman–Crippen LogP) is 4.91. The fourth-order valence-electron chi connectivity index (χ4n) is 3.80. The Morgan fingerprint density at radius 3 is 1.88 bits per heavy atom. The number of rotatable bonds is 7. The van der Waals surface area contributed by atoms with E-state index in [9.17, 15) is 19.8 Å². The first-order valence-corrected chi connectivity index (χ1v) is 10.5. The molecule has 172 valence electrons. The SMILES string of the molecule is COC(=O)c1c(-c2ccc(O)cc2)c(-c2ccc(O)cc2)cn1CC(=O)c1ccc(OC)cc1. The van der Waals surface area contributed by atoms with Crippen LogP contribution in [0.15, 0.2) is 79.0 Å². The van der Waals surface area contributed by atoms with Gasteiger partial charge in [0.05, 0.1) is 20.8 Å². The van der Waals surface area contributed by atoms with E-state index in [4.69, 9.17) is 9.47 Å². The van der Waals surface area contributed by atoms with Crippen molar-refractivity contribution in [1.82, 2.24) is 4.57 Å². The first kappa shape index (κ1) is 22.7. The number of nitrogens with zero attached hydrogens (tertiary/aromatic N) is 1. The van der Waals surface area contributed by atoms with Crippen molar-refractivity contribution in [3.63, 3.8) is 0 Å². The molecule has 0 spiro atoms. The third kappa shape index (κ3) is 4.49. The van der Waals surface area contributed by atoms with Crippen LogP contribution in [0, 0.1) is 0 Å². The molecule has 0 atom stereocenters. The average molecular weight is 457 g/mol. The monoisotopic (exact) mass is 457 g/mol. The summed E-state index contributed by atoms with van der Waals surface area (Å²) in [5.41, 5.74) is 3.31. The number of methoxy groups -OCH3 is 2. The molecule has 0 fully saturated rings. The highest BCUT2D eigenvalue weighted by atomic mass is 16.5. The molecule has 3 aromatic carbocycles. The van der Waals surface area contributed by atoms with Crippen molar-refractivity contribution >= 4 is 11.8 Å². The van der Waals surface area contributed by atoms with Crippen molar-refractivity contribution < 1.29 is 29.3 Å². The van der Waals surface area contributed by atoms with Gasteiger partial charge in [0.15, 0.2) is 5.78 Å². The normalized spacial score (nSPS) is 10.6. The Morgan fingerprint density at radius 1 is 0.794 bits per heavy atom. The standard InChI is InChI=1S/C27H23NO6/c1-33-22-13-7-18(8-14-22)24(31)16-28-15-23(17-3-9-20(29)10-4-17)25(26(28)27(32)34-2)19-5-11-21(30)12-6-19/h3-15,29-30H,16H2,1-2H3. The zero-order valence-corrected chi connectivity index (χ0v) is 18.7. The Hall–Kier alpha value is -4.52. The number of esters is 1. The Morgan fingerprint density at radius 2 is 1.35 bits per heavy atom. The van der Waals surface area contributed by atoms with Crippen molar-refractivity contribution in [3.8, 4) is 39.5 Å². The summed E-state index contributed by atoms with van der Waals surface area (Å²) >= 11 is 0. The number of phenolic OH excluding ortho intramolecular Hbond substituents is 2. The van der Waals surface area contributed by atoms with E-state index in [-0.39, 0.29) is 29.5 Å². The predicted molar refractivity (Wildman–Crippen MR) is 127 cm³/mol. The molecule has 0 saturated carbocycles. The molecule has 0 aliphatic carbocycles. The van der Waals surface area contributed by atoms with Gasteiger partial charge in [0, 0.05) is 22.9 Å². The van der Waals surface area contributed by atoms with E-state index in [1.54, 1.807) is 78.5 Å². The third-order valence-corrected chi connectivity index (χ3v) is 5.52. The zero-order chi connectivity index (χ0) is 24.2. The van der Waals surface area contributed by atoms with E-state index in [1.165, 1.54) is 19.2 Å². The molecule has 1 heterocycles. The lowest BCUT2D eigenvalue weighted by molar-refractivity contribution is 0.0589. The highest BCUT2D eigenvalue weighted by Gasteiger charge is 2.26. The fourth-order valence-corrected chi connectivity index (χ4v) is 3.80. The summed E-state index contributed by atoms with van der Waals surface area (Å²) in [6.07, 6.45) is 1.72. The first-order valence-electron chi connectivity index (χ1n) is 10.5. The lowest BCUT2D eigenvalue weighted by Crippen LogP contribution is -2.16. The maximum Gasteiger partial charge on any atom is 0.355 e. The van der Waals surface area contributed by atoms with Gasteiger partial charge in [-0.3, -0.25) is 4.79 Å². The van der Waals surface area contributed by atoms with Crippen LogP contribution >= 0.6 is 0 Å². The minimum absolute atomic E-state index is 0.0867. The Balaban J connectivity index is 1.87.